The van der Waals surface area contributed by atoms with E-state index in [9.17, 15) is 18.4 Å². The van der Waals surface area contributed by atoms with Gasteiger partial charge in [0.05, 0.1) is 5.75 Å². The van der Waals surface area contributed by atoms with Crippen LogP contribution in [0.5, 0.6) is 0 Å². The molecule has 1 fully saturated rings. The number of amides is 2. The topological polar surface area (TPSA) is 49.4 Å². The number of rotatable bonds is 10. The van der Waals surface area contributed by atoms with E-state index in [0.29, 0.717) is 17.7 Å². The fourth-order valence-corrected chi connectivity index (χ4v) is 5.09. The molecular formula is C26H32F2N2O2S. The second-order valence-corrected chi connectivity index (χ2v) is 9.49. The molecule has 0 aliphatic heterocycles. The lowest BCUT2D eigenvalue weighted by Crippen LogP contribution is -2.52. The zero-order chi connectivity index (χ0) is 23.6. The Labute approximate surface area is 199 Å². The van der Waals surface area contributed by atoms with E-state index >= 15 is 0 Å². The molecule has 3 rings (SSSR count). The highest BCUT2D eigenvalue weighted by Gasteiger charge is 2.30. The van der Waals surface area contributed by atoms with Crippen molar-refractivity contribution in [3.8, 4) is 0 Å². The Hall–Kier alpha value is -2.41. The van der Waals surface area contributed by atoms with Crippen molar-refractivity contribution in [2.45, 2.75) is 69.8 Å². The summed E-state index contributed by atoms with van der Waals surface area (Å²) in [4.78, 5) is 28.0. The van der Waals surface area contributed by atoms with Gasteiger partial charge in [0.2, 0.25) is 11.8 Å². The summed E-state index contributed by atoms with van der Waals surface area (Å²) >= 11 is 1.32. The van der Waals surface area contributed by atoms with Gasteiger partial charge < -0.3 is 10.2 Å². The predicted octanol–water partition coefficient (Wildman–Crippen LogP) is 5.45. The maximum Gasteiger partial charge on any atom is 0.243 e. The van der Waals surface area contributed by atoms with Crippen molar-refractivity contribution in [1.82, 2.24) is 10.2 Å². The summed E-state index contributed by atoms with van der Waals surface area (Å²) in [5.74, 6) is -0.473. The smallest absolute Gasteiger partial charge is 0.243 e. The van der Waals surface area contributed by atoms with Crippen LogP contribution >= 0.6 is 11.8 Å². The van der Waals surface area contributed by atoms with Gasteiger partial charge >= 0.3 is 0 Å². The minimum atomic E-state index is -0.612. The SMILES string of the molecule is CC[C@H](C(=O)NC1CCCCC1)N(Cc1ccc(F)cc1)C(=O)CSCc1ccccc1F. The number of benzene rings is 2. The third-order valence-corrected chi connectivity index (χ3v) is 7.01. The number of halogens is 2. The lowest BCUT2D eigenvalue weighted by atomic mass is 9.95. The Kier molecular flexibility index (Phi) is 9.73. The lowest BCUT2D eigenvalue weighted by molar-refractivity contribution is -0.139. The van der Waals surface area contributed by atoms with Crippen LogP contribution in [-0.4, -0.2) is 34.6 Å². The molecule has 0 spiro atoms. The maximum absolute atomic E-state index is 13.9. The number of nitrogens with zero attached hydrogens (tertiary/aromatic N) is 1. The van der Waals surface area contributed by atoms with Crippen molar-refractivity contribution in [2.75, 3.05) is 5.75 Å². The first-order chi connectivity index (χ1) is 16.0. The van der Waals surface area contributed by atoms with Crippen LogP contribution in [0.4, 0.5) is 8.78 Å². The van der Waals surface area contributed by atoms with Crippen molar-refractivity contribution < 1.29 is 18.4 Å². The fourth-order valence-electron chi connectivity index (χ4n) is 4.20. The van der Waals surface area contributed by atoms with Crippen molar-refractivity contribution in [3.05, 3.63) is 71.3 Å². The van der Waals surface area contributed by atoms with Gasteiger partial charge in [0, 0.05) is 18.3 Å². The second kappa shape index (κ2) is 12.7. The van der Waals surface area contributed by atoms with E-state index in [0.717, 1.165) is 31.2 Å². The van der Waals surface area contributed by atoms with Gasteiger partial charge in [0.15, 0.2) is 0 Å². The molecule has 1 aliphatic rings. The Morgan fingerprint density at radius 1 is 1.06 bits per heavy atom. The molecule has 178 valence electrons. The Morgan fingerprint density at radius 2 is 1.76 bits per heavy atom. The molecule has 0 saturated heterocycles. The Morgan fingerprint density at radius 3 is 2.42 bits per heavy atom. The van der Waals surface area contributed by atoms with Gasteiger partial charge in [0.1, 0.15) is 17.7 Å². The standard InChI is InChI=1S/C26H32F2N2O2S/c1-2-24(26(32)29-22-9-4-3-5-10-22)30(16-19-12-14-21(27)15-13-19)25(31)18-33-17-20-8-6-7-11-23(20)28/h6-8,11-15,22,24H,2-5,9-10,16-18H2,1H3,(H,29,32)/t24-/m1/s1. The normalized spacial score (nSPS) is 15.1. The quantitative estimate of drug-likeness (QED) is 0.498. The molecule has 1 N–H and O–H groups in total. The van der Waals surface area contributed by atoms with Gasteiger partial charge in [-0.15, -0.1) is 11.8 Å². The third-order valence-electron chi connectivity index (χ3n) is 6.04. The van der Waals surface area contributed by atoms with Crippen molar-refractivity contribution >= 4 is 23.6 Å². The average molecular weight is 475 g/mol. The number of hydrogen-bond donors (Lipinski definition) is 1. The summed E-state index contributed by atoms with van der Waals surface area (Å²) in [5, 5.41) is 3.14. The second-order valence-electron chi connectivity index (χ2n) is 8.50. The van der Waals surface area contributed by atoms with Crippen molar-refractivity contribution in [1.29, 1.82) is 0 Å². The highest BCUT2D eigenvalue weighted by atomic mass is 32.2. The Bertz CT molecular complexity index is 917. The van der Waals surface area contributed by atoms with E-state index in [1.807, 2.05) is 6.92 Å². The molecule has 2 aromatic carbocycles. The van der Waals surface area contributed by atoms with Crippen LogP contribution in [0.3, 0.4) is 0 Å². The number of nitrogens with one attached hydrogen (secondary N) is 1. The molecule has 0 unspecified atom stereocenters. The molecule has 0 aromatic heterocycles. The molecule has 4 nitrogen and oxygen atoms in total. The first-order valence-electron chi connectivity index (χ1n) is 11.6. The van der Waals surface area contributed by atoms with Crippen LogP contribution in [0.25, 0.3) is 0 Å². The van der Waals surface area contributed by atoms with Crippen LogP contribution in [-0.2, 0) is 21.9 Å². The largest absolute Gasteiger partial charge is 0.352 e. The zero-order valence-corrected chi connectivity index (χ0v) is 19.9. The highest BCUT2D eigenvalue weighted by molar-refractivity contribution is 7.99. The predicted molar refractivity (Wildman–Crippen MR) is 129 cm³/mol. The number of hydrogen-bond acceptors (Lipinski definition) is 3. The summed E-state index contributed by atoms with van der Waals surface area (Å²) in [7, 11) is 0. The number of carbonyl (C=O) groups excluding carboxylic acids is 2. The molecule has 1 saturated carbocycles. The first-order valence-corrected chi connectivity index (χ1v) is 12.8. The summed E-state index contributed by atoms with van der Waals surface area (Å²) in [5.41, 5.74) is 1.30. The van der Waals surface area contributed by atoms with Crippen LogP contribution in [0.15, 0.2) is 48.5 Å². The van der Waals surface area contributed by atoms with E-state index in [-0.39, 0.29) is 41.8 Å². The summed E-state index contributed by atoms with van der Waals surface area (Å²) < 4.78 is 27.3. The van der Waals surface area contributed by atoms with E-state index in [1.165, 1.54) is 36.4 Å². The third kappa shape index (κ3) is 7.56. The maximum atomic E-state index is 13.9. The highest BCUT2D eigenvalue weighted by Crippen LogP contribution is 2.21. The molecule has 1 atom stereocenters. The van der Waals surface area contributed by atoms with Gasteiger partial charge in [-0.25, -0.2) is 8.78 Å². The molecule has 33 heavy (non-hydrogen) atoms. The van der Waals surface area contributed by atoms with Crippen molar-refractivity contribution in [3.63, 3.8) is 0 Å². The zero-order valence-electron chi connectivity index (χ0n) is 19.1. The molecular weight excluding hydrogens is 442 g/mol. The fraction of sp³-hybridized carbons (Fsp3) is 0.462. The monoisotopic (exact) mass is 474 g/mol. The lowest BCUT2D eigenvalue weighted by Gasteiger charge is -2.32. The van der Waals surface area contributed by atoms with E-state index < -0.39 is 6.04 Å². The molecule has 2 aromatic rings. The molecule has 2 amide bonds. The van der Waals surface area contributed by atoms with Gasteiger partial charge in [-0.2, -0.15) is 0 Å². The van der Waals surface area contributed by atoms with Crippen LogP contribution in [0.1, 0.15) is 56.6 Å². The molecule has 1 aliphatic carbocycles. The Balaban J connectivity index is 1.70. The van der Waals surface area contributed by atoms with Gasteiger partial charge in [-0.1, -0.05) is 56.5 Å². The molecule has 0 heterocycles. The summed E-state index contributed by atoms with van der Waals surface area (Å²) in [6, 6.07) is 12.0. The number of carbonyl (C=O) groups is 2. The summed E-state index contributed by atoms with van der Waals surface area (Å²) in [6.45, 7) is 2.11. The number of thioether (sulfide) groups is 1. The minimum Gasteiger partial charge on any atom is -0.352 e. The van der Waals surface area contributed by atoms with E-state index in [2.05, 4.69) is 5.32 Å². The summed E-state index contributed by atoms with van der Waals surface area (Å²) in [6.07, 6.45) is 5.81. The van der Waals surface area contributed by atoms with E-state index in [1.54, 1.807) is 35.2 Å². The first kappa shape index (κ1) is 25.2. The minimum absolute atomic E-state index is 0.128. The van der Waals surface area contributed by atoms with Gasteiger partial charge in [-0.3, -0.25) is 9.59 Å². The molecule has 0 radical (unpaired) electrons. The average Bonchev–Trinajstić information content (AvgIpc) is 2.82. The van der Waals surface area contributed by atoms with E-state index in [4.69, 9.17) is 0 Å². The van der Waals surface area contributed by atoms with Crippen molar-refractivity contribution in [2.24, 2.45) is 0 Å². The van der Waals surface area contributed by atoms with Gasteiger partial charge in [-0.05, 0) is 48.6 Å². The van der Waals surface area contributed by atoms with Crippen LogP contribution in [0, 0.1) is 11.6 Å². The van der Waals surface area contributed by atoms with Gasteiger partial charge in [0.25, 0.3) is 0 Å². The van der Waals surface area contributed by atoms with Crippen LogP contribution < -0.4 is 5.32 Å². The van der Waals surface area contributed by atoms with Crippen LogP contribution in [0.2, 0.25) is 0 Å². The molecule has 7 heteroatoms. The molecule has 0 bridgehead atoms.